The van der Waals surface area contributed by atoms with Gasteiger partial charge in [-0.2, -0.15) is 5.10 Å². The Labute approximate surface area is 209 Å². The van der Waals surface area contributed by atoms with Crippen molar-refractivity contribution in [1.82, 2.24) is 20.0 Å². The number of piperidine rings is 2. The number of carbonyl (C=O) groups is 3. The predicted octanol–water partition coefficient (Wildman–Crippen LogP) is 2.81. The van der Waals surface area contributed by atoms with Crippen LogP contribution in [0, 0.1) is 11.8 Å². The van der Waals surface area contributed by atoms with Crippen LogP contribution in [-0.2, 0) is 26.1 Å². The van der Waals surface area contributed by atoms with Crippen LogP contribution in [0.3, 0.4) is 0 Å². The zero-order valence-corrected chi connectivity index (χ0v) is 21.0. The summed E-state index contributed by atoms with van der Waals surface area (Å²) < 4.78 is 27.3. The second-order valence-corrected chi connectivity index (χ2v) is 10.1. The van der Waals surface area contributed by atoms with Gasteiger partial charge in [0, 0.05) is 25.4 Å². The highest BCUT2D eigenvalue weighted by molar-refractivity contribution is 6.02. The number of rotatable bonds is 3. The number of nitrogens with one attached hydrogen (secondary N) is 1. The Morgan fingerprint density at radius 3 is 2.75 bits per heavy atom. The molecule has 1 N–H and O–H groups in total. The first kappa shape index (κ1) is 25.6. The minimum atomic E-state index is -1.33. The number of imide groups is 1. The fraction of sp³-hybridized carbons (Fsp3) is 0.538. The summed E-state index contributed by atoms with van der Waals surface area (Å²) in [5, 5.41) is 7.74. The second kappa shape index (κ2) is 10.3. The fourth-order valence-electron chi connectivity index (χ4n) is 4.52. The molecule has 2 aromatic rings. The van der Waals surface area contributed by atoms with Gasteiger partial charge in [-0.3, -0.25) is 19.6 Å². The van der Waals surface area contributed by atoms with Crippen LogP contribution in [0.2, 0.25) is 0 Å². The van der Waals surface area contributed by atoms with Crippen molar-refractivity contribution in [3.8, 4) is 11.8 Å². The molecular formula is C26H31FN4O5. The number of benzene rings is 1. The number of hydrogen-bond donors (Lipinski definition) is 1. The van der Waals surface area contributed by atoms with Crippen molar-refractivity contribution in [3.63, 3.8) is 0 Å². The van der Waals surface area contributed by atoms with Gasteiger partial charge in [-0.15, -0.1) is 0 Å². The highest BCUT2D eigenvalue weighted by Crippen LogP contribution is 2.31. The zero-order chi connectivity index (χ0) is 26.0. The minimum Gasteiger partial charge on any atom is -0.444 e. The molecule has 2 aliphatic heterocycles. The molecule has 9 nitrogen and oxygen atoms in total. The Bertz CT molecular complexity index is 1240. The molecule has 36 heavy (non-hydrogen) atoms. The number of nitrogens with zero attached hydrogens (tertiary/aromatic N) is 3. The molecule has 4 rings (SSSR count). The number of aryl methyl sites for hydroxylation is 1. The van der Waals surface area contributed by atoms with E-state index >= 15 is 0 Å². The normalized spacial score (nSPS) is 22.7. The van der Waals surface area contributed by atoms with Crippen molar-refractivity contribution < 1.29 is 28.2 Å². The third-order valence-electron chi connectivity index (χ3n) is 6.19. The van der Waals surface area contributed by atoms with Crippen LogP contribution >= 0.6 is 0 Å². The second-order valence-electron chi connectivity index (χ2n) is 10.1. The Morgan fingerprint density at radius 1 is 1.28 bits per heavy atom. The number of amides is 3. The number of para-hydroxylation sites is 1. The third-order valence-corrected chi connectivity index (χ3v) is 6.19. The van der Waals surface area contributed by atoms with E-state index < -0.39 is 29.9 Å². The van der Waals surface area contributed by atoms with Gasteiger partial charge < -0.3 is 14.4 Å². The molecule has 192 valence electrons. The molecule has 0 aliphatic carbocycles. The molecule has 1 aromatic carbocycles. The standard InChI is InChI=1S/C26H31FN4O5/c1-26(2,3)36-25(34)31-13-12-20(19(27)15-31)35-14-6-8-16-7-5-9-17-22(29-30(4)23(16)17)18-10-11-21(32)28-24(18)33/h5,7,9,18-20H,10-15H2,1-4H3,(H,28,32,33)/t18?,19-,20+/m1/s1. The number of likely N-dealkylation sites (tertiary alicyclic amines) is 1. The molecule has 0 bridgehead atoms. The molecule has 3 atom stereocenters. The van der Waals surface area contributed by atoms with E-state index in [1.807, 2.05) is 18.2 Å². The van der Waals surface area contributed by atoms with E-state index in [0.29, 0.717) is 30.6 Å². The van der Waals surface area contributed by atoms with Gasteiger partial charge >= 0.3 is 6.09 Å². The highest BCUT2D eigenvalue weighted by Gasteiger charge is 2.34. The summed E-state index contributed by atoms with van der Waals surface area (Å²) in [7, 11) is 1.78. The largest absolute Gasteiger partial charge is 0.444 e. The molecule has 1 unspecified atom stereocenters. The SMILES string of the molecule is Cn1nc(C2CCC(=O)NC2=O)c2cccc(C#CCO[C@H]3CCN(C(=O)OC(C)(C)C)C[C@H]3F)c21. The van der Waals surface area contributed by atoms with Crippen molar-refractivity contribution in [3.05, 3.63) is 29.5 Å². The lowest BCUT2D eigenvalue weighted by Gasteiger charge is -2.35. The molecule has 2 aliphatic rings. The van der Waals surface area contributed by atoms with Gasteiger partial charge in [0.05, 0.1) is 35.3 Å². The summed E-state index contributed by atoms with van der Waals surface area (Å²) >= 11 is 0. The number of alkyl halides is 1. The van der Waals surface area contributed by atoms with Crippen LogP contribution in [0.1, 0.15) is 57.2 Å². The molecule has 0 radical (unpaired) electrons. The third kappa shape index (κ3) is 5.68. The zero-order valence-electron chi connectivity index (χ0n) is 21.0. The summed E-state index contributed by atoms with van der Waals surface area (Å²) in [5.74, 6) is 4.92. The summed E-state index contributed by atoms with van der Waals surface area (Å²) in [6, 6.07) is 5.58. The van der Waals surface area contributed by atoms with E-state index in [0.717, 1.165) is 10.9 Å². The first-order valence-corrected chi connectivity index (χ1v) is 12.1. The smallest absolute Gasteiger partial charge is 0.410 e. The Balaban J connectivity index is 1.40. The van der Waals surface area contributed by atoms with E-state index in [4.69, 9.17) is 9.47 Å². The maximum absolute atomic E-state index is 14.7. The first-order chi connectivity index (χ1) is 17.0. The maximum atomic E-state index is 14.7. The number of fused-ring (bicyclic) bond motifs is 1. The summed E-state index contributed by atoms with van der Waals surface area (Å²) in [6.45, 7) is 5.62. The van der Waals surface area contributed by atoms with Crippen LogP contribution < -0.4 is 5.32 Å². The highest BCUT2D eigenvalue weighted by atomic mass is 19.1. The molecule has 2 saturated heterocycles. The summed E-state index contributed by atoms with van der Waals surface area (Å²) in [4.78, 5) is 37.4. The van der Waals surface area contributed by atoms with Gasteiger partial charge in [-0.05, 0) is 39.7 Å². The Morgan fingerprint density at radius 2 is 2.06 bits per heavy atom. The maximum Gasteiger partial charge on any atom is 0.410 e. The quantitative estimate of drug-likeness (QED) is 0.516. The van der Waals surface area contributed by atoms with E-state index in [-0.39, 0.29) is 31.4 Å². The van der Waals surface area contributed by atoms with Gasteiger partial charge in [0.25, 0.3) is 0 Å². The fourth-order valence-corrected chi connectivity index (χ4v) is 4.52. The average Bonchev–Trinajstić information content (AvgIpc) is 3.13. The number of ether oxygens (including phenoxy) is 2. The van der Waals surface area contributed by atoms with E-state index in [1.54, 1.807) is 32.5 Å². The van der Waals surface area contributed by atoms with Crippen LogP contribution in [0.5, 0.6) is 0 Å². The van der Waals surface area contributed by atoms with Crippen LogP contribution in [-0.4, -0.2) is 70.2 Å². The van der Waals surface area contributed by atoms with Crippen LogP contribution in [0.15, 0.2) is 18.2 Å². The lowest BCUT2D eigenvalue weighted by atomic mass is 9.92. The van der Waals surface area contributed by atoms with Gasteiger partial charge in [0.15, 0.2) is 0 Å². The molecule has 0 saturated carbocycles. The van der Waals surface area contributed by atoms with Crippen molar-refractivity contribution >= 4 is 28.8 Å². The van der Waals surface area contributed by atoms with E-state index in [2.05, 4.69) is 22.3 Å². The number of aromatic nitrogens is 2. The number of hydrogen-bond acceptors (Lipinski definition) is 6. The Kier molecular flexibility index (Phi) is 7.31. The monoisotopic (exact) mass is 498 g/mol. The lowest BCUT2D eigenvalue weighted by Crippen LogP contribution is -2.49. The molecule has 0 spiro atoms. The number of halogens is 1. The molecule has 3 amide bonds. The van der Waals surface area contributed by atoms with Gasteiger partial charge in [-0.25, -0.2) is 9.18 Å². The average molecular weight is 499 g/mol. The van der Waals surface area contributed by atoms with E-state index in [9.17, 15) is 18.8 Å². The van der Waals surface area contributed by atoms with Crippen LogP contribution in [0.25, 0.3) is 10.9 Å². The Hall–Kier alpha value is -3.45. The predicted molar refractivity (Wildman–Crippen MR) is 130 cm³/mol. The molecule has 3 heterocycles. The summed E-state index contributed by atoms with van der Waals surface area (Å²) in [5.41, 5.74) is 1.47. The topological polar surface area (TPSA) is 103 Å². The van der Waals surface area contributed by atoms with Crippen molar-refractivity contribution in [2.45, 2.75) is 63.8 Å². The number of carbonyl (C=O) groups excluding carboxylic acids is 3. The van der Waals surface area contributed by atoms with Gasteiger partial charge in [-0.1, -0.05) is 24.0 Å². The molecule has 1 aromatic heterocycles. The molecular weight excluding hydrogens is 467 g/mol. The van der Waals surface area contributed by atoms with Crippen LogP contribution in [0.4, 0.5) is 9.18 Å². The van der Waals surface area contributed by atoms with Gasteiger partial charge in [0.2, 0.25) is 11.8 Å². The van der Waals surface area contributed by atoms with Crippen molar-refractivity contribution in [1.29, 1.82) is 0 Å². The van der Waals surface area contributed by atoms with Crippen molar-refractivity contribution in [2.24, 2.45) is 7.05 Å². The lowest BCUT2D eigenvalue weighted by molar-refractivity contribution is -0.134. The minimum absolute atomic E-state index is 0.0335. The van der Waals surface area contributed by atoms with Crippen molar-refractivity contribution in [2.75, 3.05) is 19.7 Å². The van der Waals surface area contributed by atoms with E-state index in [1.165, 1.54) is 4.90 Å². The first-order valence-electron chi connectivity index (χ1n) is 12.1. The summed E-state index contributed by atoms with van der Waals surface area (Å²) in [6.07, 6.45) is -1.46. The van der Waals surface area contributed by atoms with Gasteiger partial charge in [0.1, 0.15) is 18.4 Å². The molecule has 2 fully saturated rings. The molecule has 10 heteroatoms.